The summed E-state index contributed by atoms with van der Waals surface area (Å²) < 4.78 is 6.92. The number of aromatic nitrogens is 5. The van der Waals surface area contributed by atoms with Crippen molar-refractivity contribution in [1.29, 1.82) is 0 Å². The van der Waals surface area contributed by atoms with Gasteiger partial charge in [0.25, 0.3) is 0 Å². The number of halogens is 2. The molecule has 4 rings (SSSR count). The number of anilines is 1. The molecule has 9 heteroatoms. The topological polar surface area (TPSA) is 81.7 Å². The second-order valence-corrected chi connectivity index (χ2v) is 6.28. The molecule has 0 aliphatic heterocycles. The Kier molecular flexibility index (Phi) is 4.55. The van der Waals surface area contributed by atoms with E-state index >= 15 is 0 Å². The van der Waals surface area contributed by atoms with Crippen molar-refractivity contribution in [2.45, 2.75) is 6.54 Å². The second kappa shape index (κ2) is 7.15. The number of nitrogens with one attached hydrogen (secondary N) is 1. The minimum absolute atomic E-state index is 0.300. The summed E-state index contributed by atoms with van der Waals surface area (Å²) in [5.74, 6) is 1.14. The molecule has 0 spiro atoms. The highest BCUT2D eigenvalue weighted by Crippen LogP contribution is 2.26. The first kappa shape index (κ1) is 16.6. The molecular weight excluding hydrogens is 375 g/mol. The van der Waals surface area contributed by atoms with Gasteiger partial charge in [-0.05, 0) is 42.0 Å². The highest BCUT2D eigenvalue weighted by atomic mass is 35.5. The van der Waals surface area contributed by atoms with Crippen LogP contribution >= 0.6 is 23.2 Å². The van der Waals surface area contributed by atoms with Gasteiger partial charge < -0.3 is 9.84 Å². The molecule has 0 bridgehead atoms. The predicted molar refractivity (Wildman–Crippen MR) is 98.4 cm³/mol. The van der Waals surface area contributed by atoms with Crippen LogP contribution in [-0.2, 0) is 6.54 Å². The Morgan fingerprint density at radius 1 is 1.08 bits per heavy atom. The van der Waals surface area contributed by atoms with Gasteiger partial charge in [0, 0.05) is 40.7 Å². The molecule has 130 valence electrons. The van der Waals surface area contributed by atoms with E-state index in [4.69, 9.17) is 27.7 Å². The van der Waals surface area contributed by atoms with Crippen LogP contribution in [0.1, 0.15) is 5.56 Å². The Bertz CT molecular complexity index is 1010. The zero-order chi connectivity index (χ0) is 17.9. The molecule has 0 aliphatic rings. The SMILES string of the molecule is Clc1cc(Cl)cc(-c2noc(NCc3ccnc(-n4cccn4)c3)n2)c1. The van der Waals surface area contributed by atoms with E-state index in [9.17, 15) is 0 Å². The number of benzene rings is 1. The first-order valence-electron chi connectivity index (χ1n) is 7.66. The van der Waals surface area contributed by atoms with E-state index in [-0.39, 0.29) is 0 Å². The van der Waals surface area contributed by atoms with Crippen LogP contribution in [0.4, 0.5) is 6.01 Å². The molecule has 4 aromatic rings. The van der Waals surface area contributed by atoms with Crippen molar-refractivity contribution in [3.63, 3.8) is 0 Å². The van der Waals surface area contributed by atoms with Gasteiger partial charge in [-0.15, -0.1) is 0 Å². The highest BCUT2D eigenvalue weighted by molar-refractivity contribution is 6.35. The van der Waals surface area contributed by atoms with Gasteiger partial charge in [-0.3, -0.25) is 0 Å². The van der Waals surface area contributed by atoms with Crippen molar-refractivity contribution in [3.05, 3.63) is 70.6 Å². The zero-order valence-electron chi connectivity index (χ0n) is 13.3. The Labute approximate surface area is 158 Å². The average molecular weight is 387 g/mol. The van der Waals surface area contributed by atoms with E-state index < -0.39 is 0 Å². The summed E-state index contributed by atoms with van der Waals surface area (Å²) in [6, 6.07) is 11.1. The Morgan fingerprint density at radius 2 is 1.92 bits per heavy atom. The molecule has 0 amide bonds. The Hall–Kier alpha value is -2.90. The number of rotatable bonds is 5. The van der Waals surface area contributed by atoms with Crippen molar-refractivity contribution in [2.75, 3.05) is 5.32 Å². The van der Waals surface area contributed by atoms with E-state index in [2.05, 4.69) is 25.5 Å². The lowest BCUT2D eigenvalue weighted by Gasteiger charge is -2.04. The summed E-state index contributed by atoms with van der Waals surface area (Å²) in [5, 5.41) is 12.2. The van der Waals surface area contributed by atoms with E-state index in [1.165, 1.54) is 0 Å². The lowest BCUT2D eigenvalue weighted by Crippen LogP contribution is -2.03. The largest absolute Gasteiger partial charge is 0.334 e. The molecule has 0 fully saturated rings. The summed E-state index contributed by atoms with van der Waals surface area (Å²) in [6.45, 7) is 0.495. The summed E-state index contributed by atoms with van der Waals surface area (Å²) >= 11 is 12.0. The first-order valence-corrected chi connectivity index (χ1v) is 8.42. The minimum atomic E-state index is 0.300. The van der Waals surface area contributed by atoms with Gasteiger partial charge in [0.1, 0.15) is 0 Å². The maximum Gasteiger partial charge on any atom is 0.322 e. The van der Waals surface area contributed by atoms with Crippen molar-refractivity contribution in [1.82, 2.24) is 24.9 Å². The van der Waals surface area contributed by atoms with E-state index in [0.29, 0.717) is 34.0 Å². The van der Waals surface area contributed by atoms with Gasteiger partial charge >= 0.3 is 6.01 Å². The quantitative estimate of drug-likeness (QED) is 0.552. The second-order valence-electron chi connectivity index (χ2n) is 5.41. The highest BCUT2D eigenvalue weighted by Gasteiger charge is 2.10. The Morgan fingerprint density at radius 3 is 2.69 bits per heavy atom. The summed E-state index contributed by atoms with van der Waals surface area (Å²) in [5.41, 5.74) is 1.68. The fourth-order valence-corrected chi connectivity index (χ4v) is 2.90. The number of nitrogens with zero attached hydrogens (tertiary/aromatic N) is 5. The van der Waals surface area contributed by atoms with Gasteiger partial charge in [-0.25, -0.2) is 9.67 Å². The normalized spacial score (nSPS) is 10.8. The van der Waals surface area contributed by atoms with Crippen LogP contribution in [0, 0.1) is 0 Å². The standard InChI is InChI=1S/C17H12Cl2N6O/c18-13-7-12(8-14(19)9-13)16-23-17(26-24-16)21-10-11-2-4-20-15(6-11)25-5-1-3-22-25/h1-9H,10H2,(H,21,23,24). The maximum absolute atomic E-state index is 6.01. The summed E-state index contributed by atoms with van der Waals surface area (Å²) in [4.78, 5) is 8.60. The predicted octanol–water partition coefficient (Wildman–Crippen LogP) is 4.24. The van der Waals surface area contributed by atoms with Crippen molar-refractivity contribution < 1.29 is 4.52 Å². The monoisotopic (exact) mass is 386 g/mol. The fraction of sp³-hybridized carbons (Fsp3) is 0.0588. The molecule has 0 unspecified atom stereocenters. The van der Waals surface area contributed by atoms with Crippen LogP contribution in [0.2, 0.25) is 10.0 Å². The number of hydrogen-bond donors (Lipinski definition) is 1. The van der Waals surface area contributed by atoms with Crippen LogP contribution in [-0.4, -0.2) is 24.9 Å². The Balaban J connectivity index is 1.48. The average Bonchev–Trinajstić information content (AvgIpc) is 3.31. The number of hydrogen-bond acceptors (Lipinski definition) is 6. The molecule has 26 heavy (non-hydrogen) atoms. The molecule has 3 heterocycles. The molecule has 1 N–H and O–H groups in total. The minimum Gasteiger partial charge on any atom is -0.334 e. The molecule has 3 aromatic heterocycles. The van der Waals surface area contributed by atoms with Crippen LogP contribution in [0.5, 0.6) is 0 Å². The number of pyridine rings is 1. The molecule has 0 saturated carbocycles. The smallest absolute Gasteiger partial charge is 0.322 e. The van der Waals surface area contributed by atoms with Gasteiger partial charge in [0.15, 0.2) is 5.82 Å². The summed E-state index contributed by atoms with van der Waals surface area (Å²) in [7, 11) is 0. The third kappa shape index (κ3) is 3.68. The molecular formula is C17H12Cl2N6O. The van der Waals surface area contributed by atoms with Crippen LogP contribution in [0.3, 0.4) is 0 Å². The van der Waals surface area contributed by atoms with Gasteiger partial charge in [0.2, 0.25) is 5.82 Å². The molecule has 0 aliphatic carbocycles. The molecule has 0 radical (unpaired) electrons. The maximum atomic E-state index is 6.01. The fourth-order valence-electron chi connectivity index (χ4n) is 2.37. The van der Waals surface area contributed by atoms with Crippen molar-refractivity contribution in [3.8, 4) is 17.2 Å². The van der Waals surface area contributed by atoms with Crippen molar-refractivity contribution in [2.24, 2.45) is 0 Å². The third-order valence-electron chi connectivity index (χ3n) is 3.54. The van der Waals surface area contributed by atoms with Gasteiger partial charge in [0.05, 0.1) is 0 Å². The molecule has 1 aromatic carbocycles. The third-order valence-corrected chi connectivity index (χ3v) is 3.98. The van der Waals surface area contributed by atoms with E-state index in [1.54, 1.807) is 35.3 Å². The molecule has 0 atom stereocenters. The van der Waals surface area contributed by atoms with Gasteiger partial charge in [-0.1, -0.05) is 28.4 Å². The first-order chi connectivity index (χ1) is 12.7. The van der Waals surface area contributed by atoms with Crippen LogP contribution < -0.4 is 5.32 Å². The van der Waals surface area contributed by atoms with Gasteiger partial charge in [-0.2, -0.15) is 10.1 Å². The van der Waals surface area contributed by atoms with Crippen molar-refractivity contribution >= 4 is 29.2 Å². The summed E-state index contributed by atoms with van der Waals surface area (Å²) in [6.07, 6.45) is 5.26. The van der Waals surface area contributed by atoms with E-state index in [1.807, 2.05) is 24.4 Å². The van der Waals surface area contributed by atoms with Crippen LogP contribution in [0.25, 0.3) is 17.2 Å². The lowest BCUT2D eigenvalue weighted by molar-refractivity contribution is 0.432. The lowest BCUT2D eigenvalue weighted by atomic mass is 10.2. The molecule has 0 saturated heterocycles. The van der Waals surface area contributed by atoms with E-state index in [0.717, 1.165) is 11.4 Å². The van der Waals surface area contributed by atoms with Crippen LogP contribution in [0.15, 0.2) is 59.5 Å². The molecule has 7 nitrogen and oxygen atoms in total. The zero-order valence-corrected chi connectivity index (χ0v) is 14.8.